The highest BCUT2D eigenvalue weighted by molar-refractivity contribution is 7.89. The van der Waals surface area contributed by atoms with Crippen LogP contribution in [-0.4, -0.2) is 38.3 Å². The van der Waals surface area contributed by atoms with Gasteiger partial charge in [-0.05, 0) is 31.2 Å². The molecule has 0 spiro atoms. The number of nitrogens with one attached hydrogen (secondary N) is 1. The van der Waals surface area contributed by atoms with Crippen molar-refractivity contribution in [3.05, 3.63) is 51.5 Å². The molecule has 8 nitrogen and oxygen atoms in total. The van der Waals surface area contributed by atoms with Gasteiger partial charge >= 0.3 is 0 Å². The monoisotopic (exact) mass is 399 g/mol. The highest BCUT2D eigenvalue weighted by Gasteiger charge is 2.23. The third-order valence-electron chi connectivity index (χ3n) is 3.44. The molecule has 2 rings (SSSR count). The van der Waals surface area contributed by atoms with Gasteiger partial charge in [-0.2, -0.15) is 0 Å². The number of nitro benzene ring substituents is 1. The summed E-state index contributed by atoms with van der Waals surface area (Å²) in [4.78, 5) is 10.2. The summed E-state index contributed by atoms with van der Waals surface area (Å²) in [6, 6.07) is 8.59. The normalized spacial score (nSPS) is 11.4. The number of benzene rings is 2. The van der Waals surface area contributed by atoms with E-state index in [1.807, 2.05) is 0 Å². The van der Waals surface area contributed by atoms with E-state index in [9.17, 15) is 18.5 Å². The summed E-state index contributed by atoms with van der Waals surface area (Å²) in [6.07, 6.45) is 0. The maximum absolute atomic E-state index is 12.5. The molecule has 0 bridgehead atoms. The molecule has 1 N–H and O–H groups in total. The molecule has 2 aromatic rings. The van der Waals surface area contributed by atoms with E-state index in [1.165, 1.54) is 38.4 Å². The summed E-state index contributed by atoms with van der Waals surface area (Å²) in [5, 5.41) is 13.9. The smallest absolute Gasteiger partial charge is 0.271 e. The van der Waals surface area contributed by atoms with Crippen molar-refractivity contribution in [2.75, 3.05) is 26.0 Å². The Morgan fingerprint density at radius 1 is 1.23 bits per heavy atom. The molecule has 0 aliphatic rings. The average Bonchev–Trinajstić information content (AvgIpc) is 2.57. The first-order chi connectivity index (χ1) is 12.2. The highest BCUT2D eigenvalue weighted by atomic mass is 35.5. The number of ether oxygens (including phenoxy) is 1. The van der Waals surface area contributed by atoms with Crippen molar-refractivity contribution in [2.45, 2.75) is 11.8 Å². The van der Waals surface area contributed by atoms with Crippen molar-refractivity contribution in [1.29, 1.82) is 0 Å². The number of halogens is 1. The fourth-order valence-corrected chi connectivity index (χ4v) is 3.41. The molecule has 0 aromatic heterocycles. The van der Waals surface area contributed by atoms with Crippen LogP contribution in [-0.2, 0) is 10.0 Å². The van der Waals surface area contributed by atoms with Gasteiger partial charge < -0.3 is 10.1 Å². The topological polar surface area (TPSA) is 102 Å². The summed E-state index contributed by atoms with van der Waals surface area (Å²) in [6.45, 7) is 2.08. The zero-order chi connectivity index (χ0) is 19.5. The maximum atomic E-state index is 12.5. The Balaban J connectivity index is 2.44. The summed E-state index contributed by atoms with van der Waals surface area (Å²) in [7, 11) is -0.869. The van der Waals surface area contributed by atoms with E-state index in [0.717, 1.165) is 4.31 Å². The lowest BCUT2D eigenvalue weighted by molar-refractivity contribution is -0.384. The van der Waals surface area contributed by atoms with Crippen LogP contribution in [0.1, 0.15) is 6.92 Å². The van der Waals surface area contributed by atoms with E-state index < -0.39 is 14.9 Å². The molecule has 0 unspecified atom stereocenters. The molecule has 0 amide bonds. The van der Waals surface area contributed by atoms with Gasteiger partial charge in [0.2, 0.25) is 10.0 Å². The second-order valence-corrected chi connectivity index (χ2v) is 7.96. The van der Waals surface area contributed by atoms with E-state index in [2.05, 4.69) is 5.32 Å². The van der Waals surface area contributed by atoms with Gasteiger partial charge in [-0.25, -0.2) is 12.7 Å². The predicted molar refractivity (Wildman–Crippen MR) is 99.9 cm³/mol. The van der Waals surface area contributed by atoms with Crippen LogP contribution in [0.4, 0.5) is 17.1 Å². The summed E-state index contributed by atoms with van der Waals surface area (Å²) in [5.41, 5.74) is 0.724. The molecule has 0 atom stereocenters. The number of rotatable bonds is 7. The van der Waals surface area contributed by atoms with E-state index in [-0.39, 0.29) is 21.4 Å². The molecule has 0 aliphatic carbocycles. The van der Waals surface area contributed by atoms with Crippen molar-refractivity contribution in [1.82, 2.24) is 4.31 Å². The van der Waals surface area contributed by atoms with Crippen molar-refractivity contribution in [2.24, 2.45) is 0 Å². The number of non-ortho nitro benzene ring substituents is 1. The van der Waals surface area contributed by atoms with Crippen molar-refractivity contribution in [3.63, 3.8) is 0 Å². The Morgan fingerprint density at radius 2 is 1.92 bits per heavy atom. The Hall–Kier alpha value is -2.36. The van der Waals surface area contributed by atoms with Crippen molar-refractivity contribution in [3.8, 4) is 5.75 Å². The lowest BCUT2D eigenvalue weighted by atomic mass is 10.2. The molecule has 0 saturated carbocycles. The van der Waals surface area contributed by atoms with E-state index in [0.29, 0.717) is 18.0 Å². The molecule has 0 fully saturated rings. The van der Waals surface area contributed by atoms with E-state index >= 15 is 0 Å². The lowest BCUT2D eigenvalue weighted by Gasteiger charge is -2.17. The van der Waals surface area contributed by atoms with Gasteiger partial charge in [0.15, 0.2) is 0 Å². The van der Waals surface area contributed by atoms with Crippen LogP contribution in [0.5, 0.6) is 5.75 Å². The minimum absolute atomic E-state index is 0.00684. The number of sulfonamides is 1. The minimum Gasteiger partial charge on any atom is -0.492 e. The van der Waals surface area contributed by atoms with Crippen LogP contribution >= 0.6 is 11.6 Å². The first-order valence-corrected chi connectivity index (χ1v) is 9.39. The van der Waals surface area contributed by atoms with Crippen molar-refractivity contribution < 1.29 is 18.1 Å². The van der Waals surface area contributed by atoms with Crippen LogP contribution < -0.4 is 10.1 Å². The standard InChI is InChI=1S/C16H18ClN3O5S/c1-4-25-15-8-5-11(9-16(15)26(23,24)19(2)3)18-14-7-6-12(20(21)22)10-13(14)17/h5-10,18H,4H2,1-3H3. The van der Waals surface area contributed by atoms with Gasteiger partial charge in [0.1, 0.15) is 10.6 Å². The molecule has 0 radical (unpaired) electrons. The molecular formula is C16H18ClN3O5S. The predicted octanol–water partition coefficient (Wildman–Crippen LogP) is 3.64. The van der Waals surface area contributed by atoms with Crippen LogP contribution in [0.15, 0.2) is 41.3 Å². The van der Waals surface area contributed by atoms with E-state index in [1.54, 1.807) is 19.1 Å². The SMILES string of the molecule is CCOc1ccc(Nc2ccc([N+](=O)[O-])cc2Cl)cc1S(=O)(=O)N(C)C. The largest absolute Gasteiger partial charge is 0.492 e. The third kappa shape index (κ3) is 4.24. The second-order valence-electron chi connectivity index (χ2n) is 5.43. The summed E-state index contributed by atoms with van der Waals surface area (Å²) >= 11 is 6.07. The second kappa shape index (κ2) is 7.90. The Morgan fingerprint density at radius 3 is 2.46 bits per heavy atom. The van der Waals surface area contributed by atoms with Gasteiger partial charge in [0, 0.05) is 31.9 Å². The van der Waals surface area contributed by atoms with Gasteiger partial charge in [-0.15, -0.1) is 0 Å². The first-order valence-electron chi connectivity index (χ1n) is 7.57. The molecule has 0 heterocycles. The van der Waals surface area contributed by atoms with Gasteiger partial charge in [-0.3, -0.25) is 10.1 Å². The molecule has 0 saturated heterocycles. The lowest BCUT2D eigenvalue weighted by Crippen LogP contribution is -2.23. The number of nitro groups is 1. The zero-order valence-corrected chi connectivity index (χ0v) is 16.0. The number of hydrogen-bond donors (Lipinski definition) is 1. The molecule has 10 heteroatoms. The third-order valence-corrected chi connectivity index (χ3v) is 5.59. The first kappa shape index (κ1) is 20.0. The fraction of sp³-hybridized carbons (Fsp3) is 0.250. The van der Waals surface area contributed by atoms with Gasteiger partial charge in [0.05, 0.1) is 22.2 Å². The van der Waals surface area contributed by atoms with Crippen LogP contribution in [0.25, 0.3) is 0 Å². The maximum Gasteiger partial charge on any atom is 0.271 e. The highest BCUT2D eigenvalue weighted by Crippen LogP contribution is 2.33. The van der Waals surface area contributed by atoms with Crippen molar-refractivity contribution >= 4 is 38.7 Å². The van der Waals surface area contributed by atoms with Crippen LogP contribution in [0.3, 0.4) is 0 Å². The van der Waals surface area contributed by atoms with E-state index in [4.69, 9.17) is 16.3 Å². The molecule has 2 aromatic carbocycles. The van der Waals surface area contributed by atoms with Crippen LogP contribution in [0.2, 0.25) is 5.02 Å². The number of anilines is 2. The Kier molecular flexibility index (Phi) is 6.06. The fourth-order valence-electron chi connectivity index (χ4n) is 2.13. The zero-order valence-electron chi connectivity index (χ0n) is 14.4. The van der Waals surface area contributed by atoms with Gasteiger partial charge in [-0.1, -0.05) is 11.6 Å². The van der Waals surface area contributed by atoms with Crippen LogP contribution in [0, 0.1) is 10.1 Å². The molecular weight excluding hydrogens is 382 g/mol. The minimum atomic E-state index is -3.73. The Labute approximate surface area is 156 Å². The number of nitrogens with zero attached hydrogens (tertiary/aromatic N) is 2. The number of hydrogen-bond acceptors (Lipinski definition) is 6. The summed E-state index contributed by atoms with van der Waals surface area (Å²) < 4.78 is 31.6. The summed E-state index contributed by atoms with van der Waals surface area (Å²) in [5.74, 6) is 0.238. The molecule has 26 heavy (non-hydrogen) atoms. The molecule has 0 aliphatic heterocycles. The average molecular weight is 400 g/mol. The Bertz CT molecular complexity index is 931. The quantitative estimate of drug-likeness (QED) is 0.563. The molecule has 140 valence electrons. The van der Waals surface area contributed by atoms with Gasteiger partial charge in [0.25, 0.3) is 5.69 Å².